The molecule has 6 aliphatic carbocycles. The summed E-state index contributed by atoms with van der Waals surface area (Å²) in [6.45, 7) is 6.22. The number of benzene rings is 2. The van der Waals surface area contributed by atoms with Crippen molar-refractivity contribution in [3.8, 4) is 11.3 Å². The Labute approximate surface area is 335 Å². The first kappa shape index (κ1) is 38.6. The van der Waals surface area contributed by atoms with E-state index in [0.29, 0.717) is 68.8 Å². The molecule has 3 aromatic rings. The standard InChI is InChI=1S/C45H48Cl2F3NO5/c1-39-14-11-30(52)24-41(39)17-18-44(32(25-41)38(53)35-10-9-34(56-35)31-23-28(45(48,49)50)5-8-33(31)47)36(39)12-15-40(2)37(44)13-16-43(40,55)26-51-21-19-42(54,20-22-51)27-3-6-29(46)7-4-27/h3-10,17-18,23,25,30,36-37,52,54-55H,11-16,19-22,24,26H2,1-2H3. The van der Waals surface area contributed by atoms with Crippen LogP contribution in [0, 0.1) is 33.5 Å². The molecule has 2 spiro atoms. The lowest BCUT2D eigenvalue weighted by Crippen LogP contribution is -2.67. The molecule has 2 heterocycles. The minimum atomic E-state index is -4.58. The number of β-amino-alcohol motifs (C(OH)–C–C–N with tert-alkyl or cyclic N) is 1. The Bertz CT molecular complexity index is 2140. The summed E-state index contributed by atoms with van der Waals surface area (Å²) < 4.78 is 47.1. The monoisotopic (exact) mass is 809 g/mol. The Kier molecular flexibility index (Phi) is 8.81. The molecule has 0 amide bonds. The number of hydrogen-bond acceptors (Lipinski definition) is 6. The molecule has 1 saturated heterocycles. The Morgan fingerprint density at radius 2 is 1.55 bits per heavy atom. The van der Waals surface area contributed by atoms with E-state index in [0.717, 1.165) is 37.0 Å². The molecule has 298 valence electrons. The second kappa shape index (κ2) is 12.8. The fraction of sp³-hybridized carbons (Fsp3) is 0.533. The van der Waals surface area contributed by atoms with Gasteiger partial charge in [-0.15, -0.1) is 0 Å². The molecule has 1 aliphatic heterocycles. The number of carbonyl (C=O) groups excluding carboxylic acids is 1. The number of furan rings is 1. The first-order chi connectivity index (χ1) is 26.4. The molecular weight excluding hydrogens is 762 g/mol. The van der Waals surface area contributed by atoms with Gasteiger partial charge < -0.3 is 24.6 Å². The van der Waals surface area contributed by atoms with Crippen molar-refractivity contribution in [2.45, 2.75) is 95.1 Å². The highest BCUT2D eigenvalue weighted by atomic mass is 35.5. The fourth-order valence-electron chi connectivity index (χ4n) is 12.7. The van der Waals surface area contributed by atoms with Crippen LogP contribution in [0.5, 0.6) is 0 Å². The number of piperidine rings is 1. The van der Waals surface area contributed by atoms with Crippen molar-refractivity contribution in [3.63, 3.8) is 0 Å². The first-order valence-corrected chi connectivity index (χ1v) is 20.7. The van der Waals surface area contributed by atoms with E-state index in [2.05, 4.69) is 37.0 Å². The third kappa shape index (κ3) is 5.47. The normalized spacial score (nSPS) is 37.5. The van der Waals surface area contributed by atoms with Crippen LogP contribution >= 0.6 is 23.2 Å². The van der Waals surface area contributed by atoms with Gasteiger partial charge in [-0.25, -0.2) is 0 Å². The minimum absolute atomic E-state index is 0.0188. The van der Waals surface area contributed by atoms with E-state index >= 15 is 4.79 Å². The maximum atomic E-state index is 15.0. The van der Waals surface area contributed by atoms with Crippen molar-refractivity contribution in [1.82, 2.24) is 4.90 Å². The van der Waals surface area contributed by atoms with E-state index in [1.807, 2.05) is 12.1 Å². The second-order valence-electron chi connectivity index (χ2n) is 18.3. The number of fused-ring (bicyclic) bond motifs is 1. The first-order valence-electron chi connectivity index (χ1n) is 19.9. The average Bonchev–Trinajstić information content (AvgIpc) is 3.75. The predicted octanol–water partition coefficient (Wildman–Crippen LogP) is 10.0. The molecule has 3 N–H and O–H groups in total. The van der Waals surface area contributed by atoms with Crippen molar-refractivity contribution in [3.05, 3.63) is 105 Å². The van der Waals surface area contributed by atoms with Crippen LogP contribution in [0.25, 0.3) is 11.3 Å². The summed E-state index contributed by atoms with van der Waals surface area (Å²) in [7, 11) is 0. The van der Waals surface area contributed by atoms with E-state index in [-0.39, 0.29) is 45.1 Å². The van der Waals surface area contributed by atoms with E-state index in [9.17, 15) is 28.5 Å². The molecular formula is C45H48Cl2F3NO5. The second-order valence-corrected chi connectivity index (χ2v) is 19.2. The lowest BCUT2D eigenvalue weighted by Gasteiger charge is -2.71. The number of nitrogens with zero attached hydrogens (tertiary/aromatic N) is 1. The number of aliphatic hydroxyl groups is 3. The third-order valence-corrected chi connectivity index (χ3v) is 16.5. The zero-order chi connectivity index (χ0) is 39.7. The lowest BCUT2D eigenvalue weighted by atomic mass is 9.32. The highest BCUT2D eigenvalue weighted by Crippen LogP contribution is 2.78. The number of allylic oxidation sites excluding steroid dienone is 4. The smallest absolute Gasteiger partial charge is 0.416 e. The molecule has 3 saturated carbocycles. The van der Waals surface area contributed by atoms with Gasteiger partial charge in [-0.3, -0.25) is 4.79 Å². The van der Waals surface area contributed by atoms with Gasteiger partial charge in [-0.1, -0.05) is 67.4 Å². The summed E-state index contributed by atoms with van der Waals surface area (Å²) in [5.41, 5.74) is -3.47. The van der Waals surface area contributed by atoms with Gasteiger partial charge in [0.15, 0.2) is 5.76 Å². The number of ketones is 1. The van der Waals surface area contributed by atoms with Crippen LogP contribution in [0.2, 0.25) is 10.0 Å². The highest BCUT2D eigenvalue weighted by Gasteiger charge is 2.74. The van der Waals surface area contributed by atoms with Gasteiger partial charge in [0.1, 0.15) is 5.76 Å². The molecule has 4 fully saturated rings. The Balaban J connectivity index is 1.06. The van der Waals surface area contributed by atoms with Gasteiger partial charge in [0.25, 0.3) is 0 Å². The number of likely N-dealkylation sites (tertiary alicyclic amines) is 1. The molecule has 8 unspecified atom stereocenters. The van der Waals surface area contributed by atoms with E-state index in [1.165, 1.54) is 18.2 Å². The molecule has 2 aromatic carbocycles. The van der Waals surface area contributed by atoms with Crippen LogP contribution in [-0.4, -0.2) is 57.3 Å². The van der Waals surface area contributed by atoms with Gasteiger partial charge in [-0.05, 0) is 123 Å². The predicted molar refractivity (Wildman–Crippen MR) is 208 cm³/mol. The van der Waals surface area contributed by atoms with Crippen LogP contribution < -0.4 is 0 Å². The number of halogens is 5. The van der Waals surface area contributed by atoms with Gasteiger partial charge in [0.05, 0.1) is 27.9 Å². The molecule has 7 aliphatic rings. The number of aliphatic hydroxyl groups excluding tert-OH is 1. The number of carbonyl (C=O) groups is 1. The summed E-state index contributed by atoms with van der Waals surface area (Å²) >= 11 is 12.5. The number of alkyl halides is 3. The Morgan fingerprint density at radius 3 is 2.27 bits per heavy atom. The summed E-state index contributed by atoms with van der Waals surface area (Å²) in [5.74, 6) is -0.263. The van der Waals surface area contributed by atoms with Gasteiger partial charge >= 0.3 is 6.18 Å². The van der Waals surface area contributed by atoms with Gasteiger partial charge in [0.2, 0.25) is 5.78 Å². The third-order valence-electron chi connectivity index (χ3n) is 15.9. The van der Waals surface area contributed by atoms with E-state index in [1.54, 1.807) is 12.1 Å². The Hall–Kier alpha value is -2.92. The van der Waals surface area contributed by atoms with Crippen LogP contribution in [-0.2, 0) is 11.8 Å². The molecule has 56 heavy (non-hydrogen) atoms. The summed E-state index contributed by atoms with van der Waals surface area (Å²) in [5, 5.41) is 36.2. The largest absolute Gasteiger partial charge is 0.453 e. The summed E-state index contributed by atoms with van der Waals surface area (Å²) in [6, 6.07) is 13.4. The maximum Gasteiger partial charge on any atom is 0.416 e. The number of Topliss-reactive ketones (excluding diaryl/α,β-unsaturated/α-hetero) is 1. The molecule has 2 bridgehead atoms. The van der Waals surface area contributed by atoms with Crippen molar-refractivity contribution in [2.24, 2.45) is 33.5 Å². The zero-order valence-electron chi connectivity index (χ0n) is 31.6. The van der Waals surface area contributed by atoms with Crippen molar-refractivity contribution < 1.29 is 37.7 Å². The van der Waals surface area contributed by atoms with Crippen molar-refractivity contribution >= 4 is 29.0 Å². The van der Waals surface area contributed by atoms with Crippen LogP contribution in [0.15, 0.2) is 82.8 Å². The average molecular weight is 811 g/mol. The van der Waals surface area contributed by atoms with Crippen LogP contribution in [0.1, 0.15) is 93.3 Å². The van der Waals surface area contributed by atoms with E-state index in [4.69, 9.17) is 27.6 Å². The number of hydrogen-bond donors (Lipinski definition) is 3. The number of rotatable bonds is 6. The maximum absolute atomic E-state index is 15.0. The molecule has 8 atom stereocenters. The van der Waals surface area contributed by atoms with Crippen molar-refractivity contribution in [1.29, 1.82) is 0 Å². The topological polar surface area (TPSA) is 94.1 Å². The van der Waals surface area contributed by atoms with Crippen LogP contribution in [0.3, 0.4) is 0 Å². The van der Waals surface area contributed by atoms with Gasteiger partial charge in [-0.2, -0.15) is 13.2 Å². The van der Waals surface area contributed by atoms with E-state index < -0.39 is 45.3 Å². The van der Waals surface area contributed by atoms with Crippen LogP contribution in [0.4, 0.5) is 13.2 Å². The van der Waals surface area contributed by atoms with Crippen molar-refractivity contribution in [2.75, 3.05) is 19.6 Å². The fourth-order valence-corrected chi connectivity index (χ4v) is 13.1. The Morgan fingerprint density at radius 1 is 0.875 bits per heavy atom. The zero-order valence-corrected chi connectivity index (χ0v) is 33.2. The SMILES string of the molecule is CC12CCC(O)CC13C=CC1(C(C(=O)c4ccc(-c5cc(C(F)(F)F)ccc5Cl)o4)=C3)C2CCC2(C)C1CCC2(O)CN1CCC(O)(c2ccc(Cl)cc2)CC1. The summed E-state index contributed by atoms with van der Waals surface area (Å²) in [6.07, 6.45) is 7.36. The molecule has 11 heteroatoms. The highest BCUT2D eigenvalue weighted by molar-refractivity contribution is 6.33. The minimum Gasteiger partial charge on any atom is -0.453 e. The quantitative estimate of drug-likeness (QED) is 0.170. The molecule has 0 radical (unpaired) electrons. The van der Waals surface area contributed by atoms with Gasteiger partial charge in [0, 0.05) is 52.0 Å². The molecule has 6 nitrogen and oxygen atoms in total. The molecule has 1 aromatic heterocycles. The lowest BCUT2D eigenvalue weighted by molar-refractivity contribution is -0.178. The summed E-state index contributed by atoms with van der Waals surface area (Å²) in [4.78, 5) is 17.3. The molecule has 10 rings (SSSR count).